The number of hydrogen-bond donors (Lipinski definition) is 1. The number of anilines is 1. The molecule has 25 heavy (non-hydrogen) atoms. The smallest absolute Gasteiger partial charge is 0.248 e. The quantitative estimate of drug-likeness (QED) is 0.882. The summed E-state index contributed by atoms with van der Waals surface area (Å²) in [6.07, 6.45) is 11.2. The van der Waals surface area contributed by atoms with Crippen LogP contribution in [0.5, 0.6) is 0 Å². The van der Waals surface area contributed by atoms with Crippen molar-refractivity contribution in [2.24, 2.45) is 0 Å². The number of likely N-dealkylation sites (tertiary alicyclic amines) is 1. The van der Waals surface area contributed by atoms with Gasteiger partial charge in [0, 0.05) is 17.8 Å². The molecule has 5 nitrogen and oxygen atoms in total. The number of rotatable bonds is 4. The summed E-state index contributed by atoms with van der Waals surface area (Å²) >= 11 is 1.62. The van der Waals surface area contributed by atoms with Crippen molar-refractivity contribution >= 4 is 28.3 Å². The van der Waals surface area contributed by atoms with E-state index in [1.807, 2.05) is 6.92 Å². The van der Waals surface area contributed by atoms with Gasteiger partial charge in [-0.2, -0.15) is 0 Å². The second-order valence-corrected chi connectivity index (χ2v) is 8.22. The monoisotopic (exact) mass is 363 g/mol. The number of aromatic nitrogens is 1. The normalized spacial score (nSPS) is 21.2. The van der Waals surface area contributed by atoms with E-state index < -0.39 is 0 Å². The number of nitrogens with one attached hydrogen (secondary N) is 1. The third kappa shape index (κ3) is 4.60. The van der Waals surface area contributed by atoms with E-state index >= 15 is 0 Å². The maximum atomic E-state index is 12.8. The van der Waals surface area contributed by atoms with Gasteiger partial charge < -0.3 is 10.2 Å². The lowest BCUT2D eigenvalue weighted by Crippen LogP contribution is -2.49. The summed E-state index contributed by atoms with van der Waals surface area (Å²) in [6.45, 7) is 2.70. The van der Waals surface area contributed by atoms with Crippen molar-refractivity contribution in [3.05, 3.63) is 10.6 Å². The molecule has 3 rings (SSSR count). The Morgan fingerprint density at radius 1 is 1.16 bits per heavy atom. The van der Waals surface area contributed by atoms with E-state index in [4.69, 9.17) is 0 Å². The molecule has 1 aromatic rings. The fourth-order valence-corrected chi connectivity index (χ4v) is 4.86. The zero-order chi connectivity index (χ0) is 17.6. The van der Waals surface area contributed by atoms with Gasteiger partial charge in [0.1, 0.15) is 6.04 Å². The molecule has 1 N–H and O–H groups in total. The molecule has 2 amide bonds. The molecular weight excluding hydrogens is 334 g/mol. The van der Waals surface area contributed by atoms with Crippen LogP contribution in [0.3, 0.4) is 0 Å². The van der Waals surface area contributed by atoms with Crippen molar-refractivity contribution < 1.29 is 9.59 Å². The maximum absolute atomic E-state index is 12.8. The molecule has 1 aliphatic heterocycles. The summed E-state index contributed by atoms with van der Waals surface area (Å²) < 4.78 is 0. The highest BCUT2D eigenvalue weighted by atomic mass is 32.1. The van der Waals surface area contributed by atoms with Gasteiger partial charge in [-0.1, -0.05) is 19.8 Å². The Morgan fingerprint density at radius 2 is 1.96 bits per heavy atom. The van der Waals surface area contributed by atoms with E-state index in [2.05, 4.69) is 10.3 Å². The van der Waals surface area contributed by atoms with E-state index in [-0.39, 0.29) is 17.9 Å². The number of piperidine rings is 1. The fraction of sp³-hybridized carbons (Fsp3) is 0.737. The first-order valence-electron chi connectivity index (χ1n) is 9.78. The summed E-state index contributed by atoms with van der Waals surface area (Å²) in [7, 11) is 0. The van der Waals surface area contributed by atoms with Crippen LogP contribution in [0.4, 0.5) is 5.13 Å². The van der Waals surface area contributed by atoms with Gasteiger partial charge in [-0.05, 0) is 51.4 Å². The van der Waals surface area contributed by atoms with Crippen LogP contribution >= 0.6 is 11.3 Å². The van der Waals surface area contributed by atoms with E-state index in [0.717, 1.165) is 38.5 Å². The van der Waals surface area contributed by atoms with Crippen molar-refractivity contribution in [3.8, 4) is 0 Å². The standard InChI is InChI=1S/C19H29N3O2S/c1-2-9-17(23)22-13-8-7-11-15(22)18(24)21-19-20-14-10-5-3-4-6-12-16(14)25-19/h15H,2-13H2,1H3,(H,20,21,24)/t15-/m0/s1. The molecule has 1 aliphatic carbocycles. The van der Waals surface area contributed by atoms with Crippen LogP contribution in [0, 0.1) is 0 Å². The Balaban J connectivity index is 1.68. The predicted octanol–water partition coefficient (Wildman–Crippen LogP) is 3.92. The van der Waals surface area contributed by atoms with Crippen molar-refractivity contribution in [2.45, 2.75) is 83.6 Å². The van der Waals surface area contributed by atoms with Gasteiger partial charge in [-0.3, -0.25) is 9.59 Å². The number of carbonyl (C=O) groups is 2. The highest BCUT2D eigenvalue weighted by Gasteiger charge is 2.32. The lowest BCUT2D eigenvalue weighted by Gasteiger charge is -2.34. The molecule has 0 saturated carbocycles. The summed E-state index contributed by atoms with van der Waals surface area (Å²) in [5, 5.41) is 3.72. The number of carbonyl (C=O) groups excluding carboxylic acids is 2. The molecule has 0 spiro atoms. The molecule has 1 saturated heterocycles. The summed E-state index contributed by atoms with van der Waals surface area (Å²) in [5.41, 5.74) is 1.17. The Labute approximate surface area is 154 Å². The van der Waals surface area contributed by atoms with Crippen LogP contribution in [0.1, 0.15) is 75.3 Å². The minimum absolute atomic E-state index is 0.0640. The first kappa shape index (κ1) is 18.4. The molecule has 1 atom stereocenters. The van der Waals surface area contributed by atoms with Gasteiger partial charge in [0.2, 0.25) is 11.8 Å². The van der Waals surface area contributed by atoms with Gasteiger partial charge in [0.05, 0.1) is 5.69 Å². The number of amides is 2. The molecule has 1 fully saturated rings. The van der Waals surface area contributed by atoms with Crippen LogP contribution in [-0.2, 0) is 22.4 Å². The highest BCUT2D eigenvalue weighted by Crippen LogP contribution is 2.29. The van der Waals surface area contributed by atoms with Crippen LogP contribution in [-0.4, -0.2) is 34.3 Å². The van der Waals surface area contributed by atoms with E-state index in [0.29, 0.717) is 18.1 Å². The maximum Gasteiger partial charge on any atom is 0.248 e. The summed E-state index contributed by atoms with van der Waals surface area (Å²) in [4.78, 5) is 32.9. The molecule has 0 aromatic carbocycles. The van der Waals surface area contributed by atoms with E-state index in [9.17, 15) is 9.59 Å². The Bertz CT molecular complexity index is 588. The molecule has 2 aliphatic rings. The lowest BCUT2D eigenvalue weighted by molar-refractivity contribution is -0.140. The first-order chi connectivity index (χ1) is 12.2. The molecule has 138 valence electrons. The minimum atomic E-state index is -0.334. The average Bonchev–Trinajstić information content (AvgIpc) is 2.96. The van der Waals surface area contributed by atoms with Crippen molar-refractivity contribution in [3.63, 3.8) is 0 Å². The predicted molar refractivity (Wildman–Crippen MR) is 101 cm³/mol. The van der Waals surface area contributed by atoms with Crippen LogP contribution in [0.25, 0.3) is 0 Å². The number of nitrogens with zero attached hydrogens (tertiary/aromatic N) is 2. The Morgan fingerprint density at radius 3 is 2.76 bits per heavy atom. The molecule has 6 heteroatoms. The number of aryl methyl sites for hydroxylation is 2. The van der Waals surface area contributed by atoms with Gasteiger partial charge in [-0.15, -0.1) is 11.3 Å². The number of fused-ring (bicyclic) bond motifs is 1. The molecule has 0 radical (unpaired) electrons. The largest absolute Gasteiger partial charge is 0.331 e. The van der Waals surface area contributed by atoms with Gasteiger partial charge in [-0.25, -0.2) is 4.98 Å². The molecule has 2 heterocycles. The third-order valence-corrected chi connectivity index (χ3v) is 6.24. The van der Waals surface area contributed by atoms with Gasteiger partial charge >= 0.3 is 0 Å². The Kier molecular flexibility index (Phi) is 6.45. The molecule has 0 unspecified atom stereocenters. The highest BCUT2D eigenvalue weighted by molar-refractivity contribution is 7.15. The number of hydrogen-bond acceptors (Lipinski definition) is 4. The fourth-order valence-electron chi connectivity index (χ4n) is 3.81. The zero-order valence-electron chi connectivity index (χ0n) is 15.2. The Hall–Kier alpha value is -1.43. The van der Waals surface area contributed by atoms with Gasteiger partial charge in [0.25, 0.3) is 0 Å². The SMILES string of the molecule is CCCC(=O)N1CCCC[C@H]1C(=O)Nc1nc2c(s1)CCCCCC2. The lowest BCUT2D eigenvalue weighted by atomic mass is 10.0. The van der Waals surface area contributed by atoms with Crippen LogP contribution < -0.4 is 5.32 Å². The topological polar surface area (TPSA) is 62.3 Å². The van der Waals surface area contributed by atoms with Crippen LogP contribution in [0.2, 0.25) is 0 Å². The van der Waals surface area contributed by atoms with Crippen molar-refractivity contribution in [1.29, 1.82) is 0 Å². The third-order valence-electron chi connectivity index (χ3n) is 5.17. The van der Waals surface area contributed by atoms with Crippen molar-refractivity contribution in [2.75, 3.05) is 11.9 Å². The second-order valence-electron chi connectivity index (χ2n) is 7.14. The van der Waals surface area contributed by atoms with Gasteiger partial charge in [0.15, 0.2) is 5.13 Å². The average molecular weight is 364 g/mol. The van der Waals surface area contributed by atoms with E-state index in [1.165, 1.54) is 36.3 Å². The molecular formula is C19H29N3O2S. The van der Waals surface area contributed by atoms with E-state index in [1.54, 1.807) is 16.2 Å². The number of thiazole rings is 1. The zero-order valence-corrected chi connectivity index (χ0v) is 16.0. The minimum Gasteiger partial charge on any atom is -0.331 e. The molecule has 0 bridgehead atoms. The summed E-state index contributed by atoms with van der Waals surface area (Å²) in [6, 6.07) is -0.334. The second kappa shape index (κ2) is 8.79. The summed E-state index contributed by atoms with van der Waals surface area (Å²) in [5.74, 6) is 0.0413. The molecule has 1 aromatic heterocycles. The van der Waals surface area contributed by atoms with Crippen LogP contribution in [0.15, 0.2) is 0 Å². The van der Waals surface area contributed by atoms with Crippen molar-refractivity contribution in [1.82, 2.24) is 9.88 Å². The first-order valence-corrected chi connectivity index (χ1v) is 10.6.